The van der Waals surface area contributed by atoms with Gasteiger partial charge in [0, 0.05) is 26.4 Å². The van der Waals surface area contributed by atoms with Crippen molar-refractivity contribution in [2.45, 2.75) is 13.1 Å². The molecule has 8 nitrogen and oxygen atoms in total. The highest BCUT2D eigenvalue weighted by molar-refractivity contribution is 5.95. The highest BCUT2D eigenvalue weighted by atomic mass is 16.5. The number of benzene rings is 1. The number of hydrogen-bond acceptors (Lipinski definition) is 5. The van der Waals surface area contributed by atoms with E-state index in [0.29, 0.717) is 37.5 Å². The summed E-state index contributed by atoms with van der Waals surface area (Å²) in [6.45, 7) is 1.86. The minimum atomic E-state index is -0.408. The van der Waals surface area contributed by atoms with Gasteiger partial charge in [0.2, 0.25) is 0 Å². The second kappa shape index (κ2) is 7.94. The van der Waals surface area contributed by atoms with E-state index in [1.54, 1.807) is 29.0 Å². The molecule has 1 aliphatic rings. The lowest BCUT2D eigenvalue weighted by Gasteiger charge is -2.36. The lowest BCUT2D eigenvalue weighted by atomic mass is 10.1. The molecule has 136 valence electrons. The molecule has 0 bridgehead atoms. The van der Waals surface area contributed by atoms with Gasteiger partial charge < -0.3 is 9.64 Å². The Morgan fingerprint density at radius 1 is 1.31 bits per heavy atom. The molecule has 0 atom stereocenters. The summed E-state index contributed by atoms with van der Waals surface area (Å²) in [5.74, 6) is 4.71. The molecule has 3 amide bonds. The Balaban J connectivity index is 1.84. The van der Waals surface area contributed by atoms with Crippen LogP contribution in [0.1, 0.15) is 21.6 Å². The van der Waals surface area contributed by atoms with Crippen LogP contribution in [0.25, 0.3) is 0 Å². The Morgan fingerprint density at radius 2 is 2.12 bits per heavy atom. The van der Waals surface area contributed by atoms with Crippen molar-refractivity contribution in [1.82, 2.24) is 15.3 Å². The molecule has 0 spiro atoms. The average Bonchev–Trinajstić information content (AvgIpc) is 2.68. The molecular formula is C18H21N5O3. The third-order valence-corrected chi connectivity index (χ3v) is 4.25. The van der Waals surface area contributed by atoms with Gasteiger partial charge in [0.25, 0.3) is 5.91 Å². The zero-order chi connectivity index (χ0) is 18.5. The van der Waals surface area contributed by atoms with E-state index in [4.69, 9.17) is 10.6 Å². The van der Waals surface area contributed by atoms with Crippen molar-refractivity contribution < 1.29 is 14.3 Å². The normalized spacial score (nSPS) is 13.5. The fraction of sp³-hybridized carbons (Fsp3) is 0.278. The Morgan fingerprint density at radius 3 is 2.81 bits per heavy atom. The Hall–Kier alpha value is -2.97. The second-order valence-electron chi connectivity index (χ2n) is 5.92. The average molecular weight is 355 g/mol. The molecule has 0 saturated carbocycles. The molecule has 1 aromatic heterocycles. The first kappa shape index (κ1) is 17.8. The molecule has 8 heteroatoms. The number of pyridine rings is 1. The standard InChI is InChI=1S/C18H21N5O3/c1-26-9-8-22-11-14-4-2-3-5-16(14)23(18(22)25)12-15-7-6-13(10-20-15)17(24)21-19/h2-7,10H,8-9,11-12,19H2,1H3,(H,21,24). The number of nitrogens with one attached hydrogen (secondary N) is 1. The van der Waals surface area contributed by atoms with Crippen molar-refractivity contribution in [1.29, 1.82) is 0 Å². The number of anilines is 1. The highest BCUT2D eigenvalue weighted by Crippen LogP contribution is 2.29. The Kier molecular flexibility index (Phi) is 5.45. The predicted octanol–water partition coefficient (Wildman–Crippen LogP) is 1.27. The van der Waals surface area contributed by atoms with Crippen LogP contribution in [-0.4, -0.2) is 42.1 Å². The van der Waals surface area contributed by atoms with Crippen LogP contribution in [-0.2, 0) is 17.8 Å². The zero-order valence-corrected chi connectivity index (χ0v) is 14.5. The van der Waals surface area contributed by atoms with Gasteiger partial charge in [-0.15, -0.1) is 0 Å². The molecule has 0 saturated heterocycles. The van der Waals surface area contributed by atoms with Crippen molar-refractivity contribution in [2.24, 2.45) is 5.84 Å². The summed E-state index contributed by atoms with van der Waals surface area (Å²) in [7, 11) is 1.61. The molecule has 0 radical (unpaired) electrons. The molecule has 1 aromatic carbocycles. The number of hydrazine groups is 1. The molecule has 26 heavy (non-hydrogen) atoms. The maximum absolute atomic E-state index is 12.9. The number of aromatic nitrogens is 1. The number of carbonyl (C=O) groups excluding carboxylic acids is 2. The molecule has 0 unspecified atom stereocenters. The van der Waals surface area contributed by atoms with E-state index in [1.807, 2.05) is 24.3 Å². The maximum atomic E-state index is 12.9. The van der Waals surface area contributed by atoms with Crippen molar-refractivity contribution in [2.75, 3.05) is 25.2 Å². The fourth-order valence-electron chi connectivity index (χ4n) is 2.88. The summed E-state index contributed by atoms with van der Waals surface area (Å²) < 4.78 is 5.11. The summed E-state index contributed by atoms with van der Waals surface area (Å²) in [5, 5.41) is 0. The van der Waals surface area contributed by atoms with Crippen LogP contribution in [0, 0.1) is 0 Å². The number of ether oxygens (including phenoxy) is 1. The first-order chi connectivity index (χ1) is 12.6. The minimum absolute atomic E-state index is 0.0914. The monoisotopic (exact) mass is 355 g/mol. The van der Waals surface area contributed by atoms with Gasteiger partial charge in [-0.2, -0.15) is 0 Å². The van der Waals surface area contributed by atoms with Crippen LogP contribution in [0.4, 0.5) is 10.5 Å². The molecule has 2 aromatic rings. The Labute approximate surface area is 151 Å². The van der Waals surface area contributed by atoms with E-state index in [-0.39, 0.29) is 6.03 Å². The first-order valence-corrected chi connectivity index (χ1v) is 8.23. The number of para-hydroxylation sites is 1. The zero-order valence-electron chi connectivity index (χ0n) is 14.5. The van der Waals surface area contributed by atoms with Gasteiger partial charge in [0.05, 0.1) is 30.1 Å². The van der Waals surface area contributed by atoms with Gasteiger partial charge in [0.1, 0.15) is 0 Å². The van der Waals surface area contributed by atoms with E-state index in [2.05, 4.69) is 10.4 Å². The fourth-order valence-corrected chi connectivity index (χ4v) is 2.88. The van der Waals surface area contributed by atoms with Crippen molar-refractivity contribution >= 4 is 17.6 Å². The maximum Gasteiger partial charge on any atom is 0.325 e. The molecule has 3 rings (SSSR count). The van der Waals surface area contributed by atoms with E-state index >= 15 is 0 Å². The third-order valence-electron chi connectivity index (χ3n) is 4.25. The summed E-state index contributed by atoms with van der Waals surface area (Å²) in [5.41, 5.74) is 5.05. The van der Waals surface area contributed by atoms with Gasteiger partial charge in [-0.1, -0.05) is 18.2 Å². The number of methoxy groups -OCH3 is 1. The highest BCUT2D eigenvalue weighted by Gasteiger charge is 2.30. The summed E-state index contributed by atoms with van der Waals surface area (Å²) >= 11 is 0. The predicted molar refractivity (Wildman–Crippen MR) is 96.2 cm³/mol. The molecule has 2 heterocycles. The molecule has 0 aliphatic carbocycles. The van der Waals surface area contributed by atoms with Crippen LogP contribution in [0.3, 0.4) is 0 Å². The van der Waals surface area contributed by atoms with E-state index in [1.165, 1.54) is 6.20 Å². The van der Waals surface area contributed by atoms with E-state index < -0.39 is 5.91 Å². The number of urea groups is 1. The van der Waals surface area contributed by atoms with Crippen LogP contribution >= 0.6 is 0 Å². The molecular weight excluding hydrogens is 334 g/mol. The molecule has 3 N–H and O–H groups in total. The lowest BCUT2D eigenvalue weighted by Crippen LogP contribution is -2.47. The smallest absolute Gasteiger partial charge is 0.325 e. The molecule has 0 fully saturated rings. The number of amides is 3. The van der Waals surface area contributed by atoms with E-state index in [9.17, 15) is 9.59 Å². The van der Waals surface area contributed by atoms with Crippen LogP contribution < -0.4 is 16.2 Å². The van der Waals surface area contributed by atoms with Gasteiger partial charge in [-0.05, 0) is 23.8 Å². The largest absolute Gasteiger partial charge is 0.383 e. The first-order valence-electron chi connectivity index (χ1n) is 8.23. The van der Waals surface area contributed by atoms with Crippen molar-refractivity contribution in [3.05, 3.63) is 59.4 Å². The third kappa shape index (κ3) is 3.66. The number of nitrogens with two attached hydrogens (primary N) is 1. The van der Waals surface area contributed by atoms with Crippen LogP contribution in [0.2, 0.25) is 0 Å². The number of hydrogen-bond donors (Lipinski definition) is 2. The quantitative estimate of drug-likeness (QED) is 0.462. The second-order valence-corrected chi connectivity index (χ2v) is 5.92. The van der Waals surface area contributed by atoms with Crippen molar-refractivity contribution in [3.63, 3.8) is 0 Å². The number of fused-ring (bicyclic) bond motifs is 1. The summed E-state index contributed by atoms with van der Waals surface area (Å²) in [4.78, 5) is 32.2. The summed E-state index contributed by atoms with van der Waals surface area (Å²) in [6, 6.07) is 11.1. The minimum Gasteiger partial charge on any atom is -0.383 e. The van der Waals surface area contributed by atoms with Crippen molar-refractivity contribution in [3.8, 4) is 0 Å². The summed E-state index contributed by atoms with van der Waals surface area (Å²) in [6.07, 6.45) is 1.44. The van der Waals surface area contributed by atoms with Gasteiger partial charge in [-0.3, -0.25) is 20.1 Å². The number of nitrogen functional groups attached to an aromatic ring is 1. The van der Waals surface area contributed by atoms with E-state index in [0.717, 1.165) is 11.3 Å². The van der Waals surface area contributed by atoms with Crippen LogP contribution in [0.15, 0.2) is 42.6 Å². The van der Waals surface area contributed by atoms with Gasteiger partial charge in [-0.25, -0.2) is 10.6 Å². The molecule has 1 aliphatic heterocycles. The lowest BCUT2D eigenvalue weighted by molar-refractivity contribution is 0.0953. The number of nitrogens with zero attached hydrogens (tertiary/aromatic N) is 3. The number of rotatable bonds is 6. The topological polar surface area (TPSA) is 101 Å². The van der Waals surface area contributed by atoms with Crippen LogP contribution in [0.5, 0.6) is 0 Å². The SMILES string of the molecule is COCCN1Cc2ccccc2N(Cc2ccc(C(=O)NN)cn2)C1=O. The van der Waals surface area contributed by atoms with Gasteiger partial charge in [0.15, 0.2) is 0 Å². The van der Waals surface area contributed by atoms with Gasteiger partial charge >= 0.3 is 6.03 Å². The Bertz CT molecular complexity index is 794. The number of carbonyl (C=O) groups is 2.